The van der Waals surface area contributed by atoms with Crippen LogP contribution in [0.4, 0.5) is 0 Å². The lowest BCUT2D eigenvalue weighted by Crippen LogP contribution is -2.45. The number of likely N-dealkylation sites (tertiary alicyclic amines) is 1. The number of carbonyl (C=O) groups is 1. The number of aliphatic hydroxyl groups excluding tert-OH is 1. The maximum absolute atomic E-state index is 11.2. The molecule has 1 saturated heterocycles. The topological polar surface area (TPSA) is 53.0 Å². The molecule has 0 atom stereocenters. The van der Waals surface area contributed by atoms with E-state index in [-0.39, 0.29) is 12.5 Å². The summed E-state index contributed by atoms with van der Waals surface area (Å²) in [5, 5.41) is 8.57. The average Bonchev–Trinajstić information content (AvgIpc) is 2.34. The van der Waals surface area contributed by atoms with Crippen molar-refractivity contribution in [2.45, 2.75) is 25.8 Å². The van der Waals surface area contributed by atoms with Crippen LogP contribution in [0.25, 0.3) is 0 Å². The standard InChI is InChI=1S/C12H24N2O3/c1-11(16)13(2)12-3-5-14(6-4-12)7-9-17-10-8-15/h12,15H,3-10H2,1-2H3. The van der Waals surface area contributed by atoms with E-state index < -0.39 is 0 Å². The van der Waals surface area contributed by atoms with E-state index in [1.54, 1.807) is 6.92 Å². The van der Waals surface area contributed by atoms with Crippen LogP contribution in [-0.2, 0) is 9.53 Å². The Balaban J connectivity index is 2.15. The molecule has 0 radical (unpaired) electrons. The van der Waals surface area contributed by atoms with Gasteiger partial charge in [0.15, 0.2) is 0 Å². The number of piperidine rings is 1. The van der Waals surface area contributed by atoms with Gasteiger partial charge in [-0.3, -0.25) is 4.79 Å². The first-order valence-electron chi connectivity index (χ1n) is 6.29. The molecule has 0 aromatic rings. The van der Waals surface area contributed by atoms with E-state index in [1.807, 2.05) is 11.9 Å². The quantitative estimate of drug-likeness (QED) is 0.665. The van der Waals surface area contributed by atoms with Crippen LogP contribution in [0, 0.1) is 0 Å². The van der Waals surface area contributed by atoms with Crippen LogP contribution in [0.5, 0.6) is 0 Å². The van der Waals surface area contributed by atoms with E-state index in [2.05, 4.69) is 4.90 Å². The van der Waals surface area contributed by atoms with Gasteiger partial charge in [-0.1, -0.05) is 0 Å². The van der Waals surface area contributed by atoms with Crippen molar-refractivity contribution in [3.05, 3.63) is 0 Å². The Morgan fingerprint density at radius 2 is 2.06 bits per heavy atom. The molecule has 1 aliphatic heterocycles. The first-order chi connectivity index (χ1) is 8.15. The summed E-state index contributed by atoms with van der Waals surface area (Å²) in [6.45, 7) is 5.75. The molecule has 0 aromatic carbocycles. The minimum atomic E-state index is 0.0888. The minimum Gasteiger partial charge on any atom is -0.394 e. The number of rotatable bonds is 6. The van der Waals surface area contributed by atoms with Crippen LogP contribution in [0.1, 0.15) is 19.8 Å². The molecule has 1 fully saturated rings. The molecule has 1 rings (SSSR count). The van der Waals surface area contributed by atoms with Crippen LogP contribution < -0.4 is 0 Å². The highest BCUT2D eigenvalue weighted by Gasteiger charge is 2.23. The summed E-state index contributed by atoms with van der Waals surface area (Å²) in [5.74, 6) is 0.148. The van der Waals surface area contributed by atoms with Gasteiger partial charge in [0.1, 0.15) is 0 Å². The van der Waals surface area contributed by atoms with Gasteiger partial charge < -0.3 is 19.6 Å². The van der Waals surface area contributed by atoms with E-state index in [0.29, 0.717) is 19.3 Å². The molecule has 1 heterocycles. The lowest BCUT2D eigenvalue weighted by Gasteiger charge is -2.36. The Hall–Kier alpha value is -0.650. The van der Waals surface area contributed by atoms with Gasteiger partial charge in [0.2, 0.25) is 5.91 Å². The van der Waals surface area contributed by atoms with E-state index in [1.165, 1.54) is 0 Å². The van der Waals surface area contributed by atoms with Crippen molar-refractivity contribution in [2.24, 2.45) is 0 Å². The van der Waals surface area contributed by atoms with Gasteiger partial charge in [0, 0.05) is 39.6 Å². The van der Waals surface area contributed by atoms with Crippen molar-refractivity contribution in [1.29, 1.82) is 0 Å². The summed E-state index contributed by atoms with van der Waals surface area (Å²) in [6.07, 6.45) is 2.08. The third kappa shape index (κ3) is 5.02. The van der Waals surface area contributed by atoms with Gasteiger partial charge in [-0.15, -0.1) is 0 Å². The molecule has 0 spiro atoms. The molecular formula is C12H24N2O3. The first-order valence-corrected chi connectivity index (χ1v) is 6.29. The van der Waals surface area contributed by atoms with Gasteiger partial charge in [0.25, 0.3) is 0 Å². The Labute approximate surface area is 103 Å². The van der Waals surface area contributed by atoms with Crippen molar-refractivity contribution in [3.8, 4) is 0 Å². The zero-order valence-electron chi connectivity index (χ0n) is 10.9. The zero-order chi connectivity index (χ0) is 12.7. The SMILES string of the molecule is CC(=O)N(C)C1CCN(CCOCCO)CC1. The van der Waals surface area contributed by atoms with Gasteiger partial charge in [-0.2, -0.15) is 0 Å². The van der Waals surface area contributed by atoms with Gasteiger partial charge in [-0.05, 0) is 12.8 Å². The number of nitrogens with zero attached hydrogens (tertiary/aromatic N) is 2. The highest BCUT2D eigenvalue weighted by atomic mass is 16.5. The number of hydrogen-bond acceptors (Lipinski definition) is 4. The average molecular weight is 244 g/mol. The third-order valence-electron chi connectivity index (χ3n) is 3.39. The van der Waals surface area contributed by atoms with Gasteiger partial charge in [0.05, 0.1) is 19.8 Å². The van der Waals surface area contributed by atoms with E-state index in [4.69, 9.17) is 9.84 Å². The second kappa shape index (κ2) is 7.63. The largest absolute Gasteiger partial charge is 0.394 e. The molecule has 5 heteroatoms. The van der Waals surface area contributed by atoms with E-state index in [9.17, 15) is 4.79 Å². The molecule has 5 nitrogen and oxygen atoms in total. The number of aliphatic hydroxyl groups is 1. The summed E-state index contributed by atoms with van der Waals surface area (Å²) in [4.78, 5) is 15.4. The van der Waals surface area contributed by atoms with E-state index >= 15 is 0 Å². The van der Waals surface area contributed by atoms with Crippen LogP contribution >= 0.6 is 0 Å². The Morgan fingerprint density at radius 1 is 1.41 bits per heavy atom. The fourth-order valence-corrected chi connectivity index (χ4v) is 2.15. The molecule has 0 saturated carbocycles. The molecule has 100 valence electrons. The van der Waals surface area contributed by atoms with Crippen LogP contribution in [0.3, 0.4) is 0 Å². The summed E-state index contributed by atoms with van der Waals surface area (Å²) >= 11 is 0. The number of amides is 1. The first kappa shape index (κ1) is 14.4. The number of hydrogen-bond donors (Lipinski definition) is 1. The Kier molecular flexibility index (Phi) is 6.47. The van der Waals surface area contributed by atoms with Crippen LogP contribution in [-0.4, -0.2) is 73.4 Å². The van der Waals surface area contributed by atoms with Crippen molar-refractivity contribution >= 4 is 5.91 Å². The second-order valence-corrected chi connectivity index (χ2v) is 4.54. The molecule has 0 aliphatic carbocycles. The molecule has 0 bridgehead atoms. The molecule has 1 N–H and O–H groups in total. The van der Waals surface area contributed by atoms with Crippen molar-refractivity contribution in [3.63, 3.8) is 0 Å². The summed E-state index contributed by atoms with van der Waals surface area (Å²) in [5.41, 5.74) is 0. The minimum absolute atomic E-state index is 0.0888. The molecule has 1 amide bonds. The van der Waals surface area contributed by atoms with Crippen LogP contribution in [0.15, 0.2) is 0 Å². The van der Waals surface area contributed by atoms with E-state index in [0.717, 1.165) is 32.5 Å². The van der Waals surface area contributed by atoms with Crippen molar-refractivity contribution < 1.29 is 14.6 Å². The zero-order valence-corrected chi connectivity index (χ0v) is 10.9. The molecule has 0 aromatic heterocycles. The lowest BCUT2D eigenvalue weighted by atomic mass is 10.0. The highest BCUT2D eigenvalue weighted by molar-refractivity contribution is 5.73. The third-order valence-corrected chi connectivity index (χ3v) is 3.39. The monoisotopic (exact) mass is 244 g/mol. The predicted molar refractivity (Wildman–Crippen MR) is 65.8 cm³/mol. The maximum Gasteiger partial charge on any atom is 0.219 e. The molecule has 1 aliphatic rings. The highest BCUT2D eigenvalue weighted by Crippen LogP contribution is 2.15. The number of carbonyl (C=O) groups excluding carboxylic acids is 1. The summed E-state index contributed by atoms with van der Waals surface area (Å²) < 4.78 is 5.24. The van der Waals surface area contributed by atoms with Crippen molar-refractivity contribution in [2.75, 3.05) is 46.5 Å². The fourth-order valence-electron chi connectivity index (χ4n) is 2.15. The normalized spacial score (nSPS) is 18.3. The van der Waals surface area contributed by atoms with Gasteiger partial charge >= 0.3 is 0 Å². The van der Waals surface area contributed by atoms with Crippen molar-refractivity contribution in [1.82, 2.24) is 9.80 Å². The Morgan fingerprint density at radius 3 is 2.59 bits per heavy atom. The predicted octanol–water partition coefficient (Wildman–Crippen LogP) is -0.0620. The fraction of sp³-hybridized carbons (Fsp3) is 0.917. The lowest BCUT2D eigenvalue weighted by molar-refractivity contribution is -0.130. The summed E-state index contributed by atoms with van der Waals surface area (Å²) in [6, 6.07) is 0.391. The molecule has 17 heavy (non-hydrogen) atoms. The summed E-state index contributed by atoms with van der Waals surface area (Å²) in [7, 11) is 1.88. The molecular weight excluding hydrogens is 220 g/mol. The Bertz CT molecular complexity index is 228. The second-order valence-electron chi connectivity index (χ2n) is 4.54. The van der Waals surface area contributed by atoms with Crippen LogP contribution in [0.2, 0.25) is 0 Å². The molecule has 0 unspecified atom stereocenters. The number of ether oxygens (including phenoxy) is 1. The van der Waals surface area contributed by atoms with Gasteiger partial charge in [-0.25, -0.2) is 0 Å². The maximum atomic E-state index is 11.2. The smallest absolute Gasteiger partial charge is 0.219 e.